The molecular weight excluding hydrogens is 396 g/mol. The molecule has 0 spiro atoms. The minimum absolute atomic E-state index is 0.0368. The van der Waals surface area contributed by atoms with Gasteiger partial charge in [-0.15, -0.1) is 0 Å². The minimum atomic E-state index is -0.336. The van der Waals surface area contributed by atoms with Gasteiger partial charge in [-0.05, 0) is 44.2 Å². The molecule has 0 unspecified atom stereocenters. The van der Waals surface area contributed by atoms with Crippen molar-refractivity contribution >= 4 is 33.5 Å². The average Bonchev–Trinajstić information content (AvgIpc) is 3.20. The molecule has 0 saturated carbocycles. The second-order valence-corrected chi connectivity index (χ2v) is 7.98. The van der Waals surface area contributed by atoms with E-state index in [1.54, 1.807) is 17.0 Å². The first kappa shape index (κ1) is 19.1. The predicted octanol–water partition coefficient (Wildman–Crippen LogP) is 3.42. The lowest BCUT2D eigenvalue weighted by molar-refractivity contribution is -0.147. The van der Waals surface area contributed by atoms with E-state index >= 15 is 0 Å². The van der Waals surface area contributed by atoms with Gasteiger partial charge in [0.15, 0.2) is 5.78 Å². The molecule has 6 heteroatoms. The Balaban J connectivity index is 1.58. The highest BCUT2D eigenvalue weighted by Crippen LogP contribution is 2.22. The average molecular weight is 421 g/mol. The number of nitrogens with zero attached hydrogens (tertiary/aromatic N) is 2. The Morgan fingerprint density at radius 1 is 0.923 bits per heavy atom. The van der Waals surface area contributed by atoms with Crippen molar-refractivity contribution in [2.24, 2.45) is 0 Å². The maximum Gasteiger partial charge on any atom is 0.245 e. The van der Waals surface area contributed by atoms with Crippen LogP contribution in [0, 0.1) is 0 Å². The molecule has 5 nitrogen and oxygen atoms in total. The van der Waals surface area contributed by atoms with Crippen molar-refractivity contribution < 1.29 is 14.4 Å². The lowest BCUT2D eigenvalue weighted by atomic mass is 9.99. The van der Waals surface area contributed by atoms with E-state index in [1.165, 1.54) is 0 Å². The summed E-state index contributed by atoms with van der Waals surface area (Å²) in [6.45, 7) is 2.23. The van der Waals surface area contributed by atoms with Crippen LogP contribution in [0.5, 0.6) is 0 Å². The Hall–Kier alpha value is -1.69. The number of hydrogen-bond acceptors (Lipinski definition) is 3. The van der Waals surface area contributed by atoms with Crippen LogP contribution in [0.25, 0.3) is 0 Å². The number of carbonyl (C=O) groups is 3. The van der Waals surface area contributed by atoms with Crippen LogP contribution in [0.15, 0.2) is 28.7 Å². The Morgan fingerprint density at radius 2 is 1.58 bits per heavy atom. The standard InChI is InChI=1S/C20H25BrN2O3/c21-16-8-6-15(7-9-16)18(24)10-11-19(25)23-14-2-1-5-17(23)20(26)22-12-3-4-13-22/h6-9,17H,1-5,10-14H2/t17-/m1/s1. The van der Waals surface area contributed by atoms with E-state index in [1.807, 2.05) is 17.0 Å². The summed E-state index contributed by atoms with van der Waals surface area (Å²) < 4.78 is 0.918. The molecule has 26 heavy (non-hydrogen) atoms. The number of likely N-dealkylation sites (tertiary alicyclic amines) is 2. The van der Waals surface area contributed by atoms with Gasteiger partial charge < -0.3 is 9.80 Å². The molecule has 0 N–H and O–H groups in total. The van der Waals surface area contributed by atoms with Gasteiger partial charge in [-0.25, -0.2) is 0 Å². The molecule has 3 rings (SSSR count). The largest absolute Gasteiger partial charge is 0.341 e. The highest BCUT2D eigenvalue weighted by molar-refractivity contribution is 9.10. The predicted molar refractivity (Wildman–Crippen MR) is 103 cm³/mol. The van der Waals surface area contributed by atoms with Crippen molar-refractivity contribution in [2.75, 3.05) is 19.6 Å². The maximum atomic E-state index is 12.8. The van der Waals surface area contributed by atoms with Crippen LogP contribution in [0.4, 0.5) is 0 Å². The Morgan fingerprint density at radius 3 is 2.27 bits per heavy atom. The fourth-order valence-electron chi connectivity index (χ4n) is 3.78. The normalized spacial score (nSPS) is 20.3. The van der Waals surface area contributed by atoms with Gasteiger partial charge in [0.1, 0.15) is 6.04 Å². The number of ketones is 1. The highest BCUT2D eigenvalue weighted by atomic mass is 79.9. The minimum Gasteiger partial charge on any atom is -0.341 e. The van der Waals surface area contributed by atoms with Crippen molar-refractivity contribution in [3.8, 4) is 0 Å². The molecular formula is C20H25BrN2O3. The molecule has 0 aliphatic carbocycles. The van der Waals surface area contributed by atoms with E-state index in [2.05, 4.69) is 15.9 Å². The first-order valence-electron chi connectivity index (χ1n) is 9.43. The molecule has 2 heterocycles. The summed E-state index contributed by atoms with van der Waals surface area (Å²) >= 11 is 3.35. The molecule has 2 aliphatic heterocycles. The van der Waals surface area contributed by atoms with Gasteiger partial charge >= 0.3 is 0 Å². The first-order chi connectivity index (χ1) is 12.6. The summed E-state index contributed by atoms with van der Waals surface area (Å²) in [5, 5.41) is 0. The van der Waals surface area contributed by atoms with E-state index in [9.17, 15) is 14.4 Å². The van der Waals surface area contributed by atoms with Gasteiger partial charge in [0.2, 0.25) is 11.8 Å². The number of carbonyl (C=O) groups excluding carboxylic acids is 3. The van der Waals surface area contributed by atoms with Gasteiger partial charge in [-0.1, -0.05) is 28.1 Å². The fraction of sp³-hybridized carbons (Fsp3) is 0.550. The molecule has 2 amide bonds. The second kappa shape index (κ2) is 8.80. The summed E-state index contributed by atoms with van der Waals surface area (Å²) in [6, 6.07) is 6.83. The second-order valence-electron chi connectivity index (χ2n) is 7.06. The zero-order valence-corrected chi connectivity index (χ0v) is 16.5. The zero-order valence-electron chi connectivity index (χ0n) is 15.0. The Kier molecular flexibility index (Phi) is 6.46. The highest BCUT2D eigenvalue weighted by Gasteiger charge is 2.35. The molecule has 2 saturated heterocycles. The number of amides is 2. The van der Waals surface area contributed by atoms with Crippen molar-refractivity contribution in [2.45, 2.75) is 51.0 Å². The van der Waals surface area contributed by atoms with Crippen LogP contribution in [0.3, 0.4) is 0 Å². The number of halogens is 1. The van der Waals surface area contributed by atoms with Crippen molar-refractivity contribution in [3.05, 3.63) is 34.3 Å². The summed E-state index contributed by atoms with van der Waals surface area (Å²) in [6.07, 6.45) is 5.09. The first-order valence-corrected chi connectivity index (χ1v) is 10.2. The lowest BCUT2D eigenvalue weighted by Gasteiger charge is -2.36. The summed E-state index contributed by atoms with van der Waals surface area (Å²) in [5.41, 5.74) is 0.615. The van der Waals surface area contributed by atoms with Gasteiger partial charge in [0.25, 0.3) is 0 Å². The fourth-order valence-corrected chi connectivity index (χ4v) is 4.04. The van der Waals surface area contributed by atoms with Crippen LogP contribution in [0.1, 0.15) is 55.3 Å². The monoisotopic (exact) mass is 420 g/mol. The van der Waals surface area contributed by atoms with Gasteiger partial charge in [-0.3, -0.25) is 14.4 Å². The smallest absolute Gasteiger partial charge is 0.245 e. The SMILES string of the molecule is O=C(CCC(=O)N1CCCC[C@@H]1C(=O)N1CCCC1)c1ccc(Br)cc1. The maximum absolute atomic E-state index is 12.8. The van der Waals surface area contributed by atoms with Crippen molar-refractivity contribution in [1.82, 2.24) is 9.80 Å². The third-order valence-electron chi connectivity index (χ3n) is 5.26. The van der Waals surface area contributed by atoms with E-state index < -0.39 is 0 Å². The van der Waals surface area contributed by atoms with Crippen LogP contribution in [-0.4, -0.2) is 53.1 Å². The molecule has 140 valence electrons. The molecule has 1 aromatic rings. The molecule has 1 aromatic carbocycles. The van der Waals surface area contributed by atoms with Crippen LogP contribution in [0.2, 0.25) is 0 Å². The Labute approximate surface area is 162 Å². The van der Waals surface area contributed by atoms with Crippen LogP contribution >= 0.6 is 15.9 Å². The molecule has 1 atom stereocenters. The molecule has 0 aromatic heterocycles. The summed E-state index contributed by atoms with van der Waals surface area (Å²) in [4.78, 5) is 41.4. The number of Topliss-reactive ketones (excluding diaryl/α,β-unsaturated/α-hetero) is 1. The third kappa shape index (κ3) is 4.53. The van der Waals surface area contributed by atoms with E-state index in [0.29, 0.717) is 12.1 Å². The van der Waals surface area contributed by atoms with E-state index in [0.717, 1.165) is 49.7 Å². The quantitative estimate of drug-likeness (QED) is 0.685. The lowest BCUT2D eigenvalue weighted by Crippen LogP contribution is -2.52. The van der Waals surface area contributed by atoms with Gasteiger partial charge in [-0.2, -0.15) is 0 Å². The van der Waals surface area contributed by atoms with Gasteiger partial charge in [0, 0.05) is 42.5 Å². The topological polar surface area (TPSA) is 57.7 Å². The number of piperidine rings is 1. The number of rotatable bonds is 5. The third-order valence-corrected chi connectivity index (χ3v) is 5.79. The van der Waals surface area contributed by atoms with E-state index in [4.69, 9.17) is 0 Å². The van der Waals surface area contributed by atoms with Gasteiger partial charge in [0.05, 0.1) is 0 Å². The molecule has 2 fully saturated rings. The Bertz CT molecular complexity index is 668. The van der Waals surface area contributed by atoms with Crippen LogP contribution < -0.4 is 0 Å². The molecule has 2 aliphatic rings. The van der Waals surface area contributed by atoms with E-state index in [-0.39, 0.29) is 36.5 Å². The van der Waals surface area contributed by atoms with Crippen LogP contribution in [-0.2, 0) is 9.59 Å². The summed E-state index contributed by atoms with van der Waals surface area (Å²) in [5.74, 6) is -0.0206. The molecule has 0 bridgehead atoms. The van der Waals surface area contributed by atoms with Crippen molar-refractivity contribution in [1.29, 1.82) is 0 Å². The number of benzene rings is 1. The summed E-state index contributed by atoms with van der Waals surface area (Å²) in [7, 11) is 0. The molecule has 0 radical (unpaired) electrons. The zero-order chi connectivity index (χ0) is 18.5. The van der Waals surface area contributed by atoms with Crippen molar-refractivity contribution in [3.63, 3.8) is 0 Å². The number of hydrogen-bond donors (Lipinski definition) is 0.